The zero-order valence-corrected chi connectivity index (χ0v) is 16.2. The lowest BCUT2D eigenvalue weighted by Gasteiger charge is -2.20. The molecule has 9 heteroatoms. The minimum atomic E-state index is -3.99. The summed E-state index contributed by atoms with van der Waals surface area (Å²) in [5.41, 5.74) is 1.93. The fourth-order valence-corrected chi connectivity index (χ4v) is 3.35. The lowest BCUT2D eigenvalue weighted by Crippen LogP contribution is -2.21. The molecule has 0 saturated heterocycles. The van der Waals surface area contributed by atoms with Crippen molar-refractivity contribution in [3.63, 3.8) is 0 Å². The predicted molar refractivity (Wildman–Crippen MR) is 106 cm³/mol. The summed E-state index contributed by atoms with van der Waals surface area (Å²) in [6, 6.07) is 11.3. The van der Waals surface area contributed by atoms with Gasteiger partial charge in [0.1, 0.15) is 0 Å². The molecule has 0 atom stereocenters. The highest BCUT2D eigenvalue weighted by Crippen LogP contribution is 2.22. The van der Waals surface area contributed by atoms with Crippen LogP contribution in [-0.4, -0.2) is 32.6 Å². The predicted octanol–water partition coefficient (Wildman–Crippen LogP) is 3.06. The Bertz CT molecular complexity index is 936. The molecule has 0 bridgehead atoms. The quantitative estimate of drug-likeness (QED) is 0.424. The molecule has 0 fully saturated rings. The highest BCUT2D eigenvalue weighted by molar-refractivity contribution is 7.89. The molecule has 0 amide bonds. The molecule has 144 valence electrons. The molecule has 1 N–H and O–H groups in total. The van der Waals surface area contributed by atoms with E-state index in [-0.39, 0.29) is 10.6 Å². The van der Waals surface area contributed by atoms with Crippen molar-refractivity contribution in [2.75, 3.05) is 18.0 Å². The van der Waals surface area contributed by atoms with Crippen LogP contribution in [0.5, 0.6) is 0 Å². The molecule has 0 aromatic heterocycles. The van der Waals surface area contributed by atoms with E-state index in [1.807, 2.05) is 24.3 Å². The van der Waals surface area contributed by atoms with Gasteiger partial charge in [-0.1, -0.05) is 18.2 Å². The Balaban J connectivity index is 2.13. The van der Waals surface area contributed by atoms with E-state index in [1.165, 1.54) is 18.3 Å². The first-order valence-electron chi connectivity index (χ1n) is 8.43. The van der Waals surface area contributed by atoms with Crippen LogP contribution in [0.15, 0.2) is 52.5 Å². The van der Waals surface area contributed by atoms with Gasteiger partial charge < -0.3 is 4.90 Å². The maximum Gasteiger partial charge on any atom is 0.276 e. The maximum atomic E-state index is 12.3. The molecule has 0 heterocycles. The van der Waals surface area contributed by atoms with Gasteiger partial charge in [-0.2, -0.15) is 13.5 Å². The average molecular weight is 390 g/mol. The molecule has 2 aromatic carbocycles. The van der Waals surface area contributed by atoms with Crippen molar-refractivity contribution in [2.24, 2.45) is 5.10 Å². The fourth-order valence-electron chi connectivity index (χ4n) is 2.54. The summed E-state index contributed by atoms with van der Waals surface area (Å²) >= 11 is 0. The number of nitrogens with one attached hydrogen (secondary N) is 1. The van der Waals surface area contributed by atoms with Crippen LogP contribution in [-0.2, 0) is 10.0 Å². The van der Waals surface area contributed by atoms with E-state index >= 15 is 0 Å². The molecule has 0 aliphatic heterocycles. The Labute approximate surface area is 158 Å². The number of nitro groups is 1. The van der Waals surface area contributed by atoms with Crippen LogP contribution in [0, 0.1) is 17.0 Å². The van der Waals surface area contributed by atoms with E-state index in [2.05, 4.69) is 28.7 Å². The normalized spacial score (nSPS) is 11.5. The second-order valence-corrected chi connectivity index (χ2v) is 7.48. The van der Waals surface area contributed by atoms with Gasteiger partial charge in [-0.25, -0.2) is 4.83 Å². The number of hydrogen-bond acceptors (Lipinski definition) is 6. The van der Waals surface area contributed by atoms with E-state index < -0.39 is 14.9 Å². The summed E-state index contributed by atoms with van der Waals surface area (Å²) in [6.45, 7) is 7.48. The smallest absolute Gasteiger partial charge is 0.276 e. The van der Waals surface area contributed by atoms with Crippen molar-refractivity contribution in [3.05, 3.63) is 63.7 Å². The summed E-state index contributed by atoms with van der Waals surface area (Å²) in [7, 11) is -3.99. The van der Waals surface area contributed by atoms with Gasteiger partial charge in [0.15, 0.2) is 0 Å². The Morgan fingerprint density at radius 2 is 1.78 bits per heavy atom. The van der Waals surface area contributed by atoms with Crippen LogP contribution in [0.2, 0.25) is 0 Å². The molecule has 2 aromatic rings. The molecule has 0 radical (unpaired) electrons. The molecular weight excluding hydrogens is 368 g/mol. The van der Waals surface area contributed by atoms with Crippen LogP contribution in [0.4, 0.5) is 11.4 Å². The van der Waals surface area contributed by atoms with Crippen LogP contribution in [0.3, 0.4) is 0 Å². The number of benzene rings is 2. The van der Waals surface area contributed by atoms with E-state index in [4.69, 9.17) is 0 Å². The highest BCUT2D eigenvalue weighted by atomic mass is 32.2. The van der Waals surface area contributed by atoms with Gasteiger partial charge in [0, 0.05) is 30.4 Å². The Hall–Kier alpha value is -2.94. The summed E-state index contributed by atoms with van der Waals surface area (Å²) < 4.78 is 24.6. The van der Waals surface area contributed by atoms with Crippen LogP contribution >= 0.6 is 0 Å². The minimum absolute atomic E-state index is 0.214. The van der Waals surface area contributed by atoms with Crippen molar-refractivity contribution in [1.82, 2.24) is 4.83 Å². The van der Waals surface area contributed by atoms with E-state index in [1.54, 1.807) is 6.92 Å². The molecule has 0 spiro atoms. The number of sulfonamides is 1. The van der Waals surface area contributed by atoms with Crippen molar-refractivity contribution in [2.45, 2.75) is 25.7 Å². The SMILES string of the molecule is CCN(CC)c1ccc(C=NNS(=O)(=O)c2ccc(C)c([N+](=O)[O-])c2)cc1. The third-order valence-corrected chi connectivity index (χ3v) is 5.32. The third kappa shape index (κ3) is 5.04. The molecule has 27 heavy (non-hydrogen) atoms. The lowest BCUT2D eigenvalue weighted by atomic mass is 10.2. The van der Waals surface area contributed by atoms with Gasteiger partial charge in [0.2, 0.25) is 0 Å². The topological polar surface area (TPSA) is 105 Å². The summed E-state index contributed by atoms with van der Waals surface area (Å²) in [5.74, 6) is 0. The second-order valence-electron chi connectivity index (χ2n) is 5.82. The van der Waals surface area contributed by atoms with Gasteiger partial charge in [0.25, 0.3) is 15.7 Å². The van der Waals surface area contributed by atoms with Gasteiger partial charge >= 0.3 is 0 Å². The standard InChI is InChI=1S/C18H22N4O4S/c1-4-21(5-2)16-9-7-15(8-10-16)13-19-20-27(25,26)17-11-6-14(3)18(12-17)22(23)24/h6-13,20H,4-5H2,1-3H3. The van der Waals surface area contributed by atoms with E-state index in [9.17, 15) is 18.5 Å². The molecular formula is C18H22N4O4S. The zero-order valence-electron chi connectivity index (χ0n) is 15.4. The fraction of sp³-hybridized carbons (Fsp3) is 0.278. The first-order chi connectivity index (χ1) is 12.8. The number of hydrazone groups is 1. The van der Waals surface area contributed by atoms with Crippen LogP contribution in [0.25, 0.3) is 0 Å². The van der Waals surface area contributed by atoms with E-state index in [0.717, 1.165) is 30.4 Å². The lowest BCUT2D eigenvalue weighted by molar-refractivity contribution is -0.385. The monoisotopic (exact) mass is 390 g/mol. The Morgan fingerprint density at radius 3 is 2.33 bits per heavy atom. The zero-order chi connectivity index (χ0) is 20.0. The third-order valence-electron chi connectivity index (χ3n) is 4.10. The van der Waals surface area contributed by atoms with Crippen molar-refractivity contribution in [1.29, 1.82) is 0 Å². The molecule has 0 unspecified atom stereocenters. The number of anilines is 1. The van der Waals surface area contributed by atoms with Gasteiger partial charge in [-0.15, -0.1) is 0 Å². The Kier molecular flexibility index (Phi) is 6.51. The number of nitrogens with zero attached hydrogens (tertiary/aromatic N) is 3. The van der Waals surface area contributed by atoms with Gasteiger partial charge in [-0.3, -0.25) is 10.1 Å². The average Bonchev–Trinajstić information content (AvgIpc) is 2.64. The largest absolute Gasteiger partial charge is 0.372 e. The first kappa shape index (κ1) is 20.4. The molecule has 2 rings (SSSR count). The molecule has 0 saturated carbocycles. The maximum absolute atomic E-state index is 12.3. The molecule has 0 aliphatic carbocycles. The second kappa shape index (κ2) is 8.63. The van der Waals surface area contributed by atoms with Crippen molar-refractivity contribution in [3.8, 4) is 0 Å². The number of nitro benzene ring substituents is 1. The Morgan fingerprint density at radius 1 is 1.15 bits per heavy atom. The van der Waals surface area contributed by atoms with Crippen molar-refractivity contribution >= 4 is 27.6 Å². The summed E-state index contributed by atoms with van der Waals surface area (Å²) in [4.78, 5) is 14.4. The number of hydrogen-bond donors (Lipinski definition) is 1. The summed E-state index contributed by atoms with van der Waals surface area (Å²) in [5, 5.41) is 14.7. The van der Waals surface area contributed by atoms with Gasteiger partial charge in [0.05, 0.1) is 16.0 Å². The van der Waals surface area contributed by atoms with E-state index in [0.29, 0.717) is 5.56 Å². The van der Waals surface area contributed by atoms with Crippen LogP contribution in [0.1, 0.15) is 25.0 Å². The number of aryl methyl sites for hydroxylation is 1. The first-order valence-corrected chi connectivity index (χ1v) is 9.91. The van der Waals surface area contributed by atoms with Crippen LogP contribution < -0.4 is 9.73 Å². The summed E-state index contributed by atoms with van der Waals surface area (Å²) in [6.07, 6.45) is 1.38. The van der Waals surface area contributed by atoms with Gasteiger partial charge in [-0.05, 0) is 44.5 Å². The molecule has 0 aliphatic rings. The highest BCUT2D eigenvalue weighted by Gasteiger charge is 2.19. The number of rotatable bonds is 8. The molecule has 8 nitrogen and oxygen atoms in total. The minimum Gasteiger partial charge on any atom is -0.372 e. The van der Waals surface area contributed by atoms with Crippen molar-refractivity contribution < 1.29 is 13.3 Å².